The number of ketones is 1. The highest BCUT2D eigenvalue weighted by Crippen LogP contribution is 2.11. The molecule has 0 aromatic carbocycles. The van der Waals surface area contributed by atoms with Gasteiger partial charge in [0.1, 0.15) is 5.60 Å². The standard InChI is InChI=1S/C12H18N2O3S/c1-5-14(11(16)17-12(2,3)4)8-9(15)10-13-6-7-18-10/h6-7H,5,8H2,1-4H3. The lowest BCUT2D eigenvalue weighted by Gasteiger charge is -2.25. The van der Waals surface area contributed by atoms with Crippen molar-refractivity contribution < 1.29 is 14.3 Å². The van der Waals surface area contributed by atoms with Crippen LogP contribution >= 0.6 is 11.3 Å². The SMILES string of the molecule is CCN(CC(=O)c1nccs1)C(=O)OC(C)(C)C. The lowest BCUT2D eigenvalue weighted by molar-refractivity contribution is 0.0257. The van der Waals surface area contributed by atoms with Crippen LogP contribution in [0.1, 0.15) is 37.5 Å². The van der Waals surface area contributed by atoms with Gasteiger partial charge in [-0.15, -0.1) is 11.3 Å². The summed E-state index contributed by atoms with van der Waals surface area (Å²) in [4.78, 5) is 29.0. The average Bonchev–Trinajstić information content (AvgIpc) is 2.76. The van der Waals surface area contributed by atoms with Crippen molar-refractivity contribution in [2.45, 2.75) is 33.3 Å². The first-order valence-electron chi connectivity index (χ1n) is 5.74. The van der Waals surface area contributed by atoms with E-state index in [1.807, 2.05) is 0 Å². The van der Waals surface area contributed by atoms with Gasteiger partial charge in [-0.25, -0.2) is 9.78 Å². The fourth-order valence-electron chi connectivity index (χ4n) is 1.23. The predicted molar refractivity (Wildman–Crippen MR) is 69.9 cm³/mol. The lowest BCUT2D eigenvalue weighted by Crippen LogP contribution is -2.39. The molecule has 18 heavy (non-hydrogen) atoms. The van der Waals surface area contributed by atoms with Gasteiger partial charge in [0.25, 0.3) is 0 Å². The number of amides is 1. The minimum Gasteiger partial charge on any atom is -0.444 e. The number of hydrogen-bond acceptors (Lipinski definition) is 5. The predicted octanol–water partition coefficient (Wildman–Crippen LogP) is 2.58. The van der Waals surface area contributed by atoms with E-state index in [-0.39, 0.29) is 12.3 Å². The van der Waals surface area contributed by atoms with E-state index in [0.717, 1.165) is 0 Å². The molecule has 0 atom stereocenters. The van der Waals surface area contributed by atoms with Crippen LogP contribution in [0.4, 0.5) is 4.79 Å². The smallest absolute Gasteiger partial charge is 0.410 e. The molecular weight excluding hydrogens is 252 g/mol. The van der Waals surface area contributed by atoms with E-state index in [0.29, 0.717) is 11.6 Å². The van der Waals surface area contributed by atoms with Crippen molar-refractivity contribution >= 4 is 23.2 Å². The number of hydrogen-bond donors (Lipinski definition) is 0. The molecule has 0 fully saturated rings. The summed E-state index contributed by atoms with van der Waals surface area (Å²) >= 11 is 1.27. The maximum absolute atomic E-state index is 11.8. The molecule has 0 bridgehead atoms. The summed E-state index contributed by atoms with van der Waals surface area (Å²) in [6, 6.07) is 0. The van der Waals surface area contributed by atoms with Crippen molar-refractivity contribution in [1.82, 2.24) is 9.88 Å². The zero-order chi connectivity index (χ0) is 13.8. The Labute approximate surface area is 111 Å². The van der Waals surface area contributed by atoms with Gasteiger partial charge < -0.3 is 9.64 Å². The molecule has 1 aromatic heterocycles. The zero-order valence-electron chi connectivity index (χ0n) is 11.1. The van der Waals surface area contributed by atoms with Gasteiger partial charge >= 0.3 is 6.09 Å². The largest absolute Gasteiger partial charge is 0.444 e. The number of ether oxygens (including phenoxy) is 1. The van der Waals surface area contributed by atoms with Crippen molar-refractivity contribution in [2.24, 2.45) is 0 Å². The molecule has 1 rings (SSSR count). The molecule has 0 radical (unpaired) electrons. The summed E-state index contributed by atoms with van der Waals surface area (Å²) in [5, 5.41) is 2.15. The Balaban J connectivity index is 2.62. The van der Waals surface area contributed by atoms with E-state index in [1.54, 1.807) is 39.3 Å². The molecule has 0 saturated carbocycles. The number of carbonyl (C=O) groups is 2. The van der Waals surface area contributed by atoms with Crippen molar-refractivity contribution in [3.8, 4) is 0 Å². The minimum atomic E-state index is -0.561. The van der Waals surface area contributed by atoms with Gasteiger partial charge in [0.05, 0.1) is 6.54 Å². The number of likely N-dealkylation sites (N-methyl/N-ethyl adjacent to an activating group) is 1. The van der Waals surface area contributed by atoms with Gasteiger partial charge in [-0.2, -0.15) is 0 Å². The van der Waals surface area contributed by atoms with E-state index in [9.17, 15) is 9.59 Å². The lowest BCUT2D eigenvalue weighted by atomic mass is 10.2. The molecule has 1 heterocycles. The van der Waals surface area contributed by atoms with Crippen LogP contribution < -0.4 is 0 Å². The Morgan fingerprint density at radius 2 is 2.11 bits per heavy atom. The fourth-order valence-corrected chi connectivity index (χ4v) is 1.80. The summed E-state index contributed by atoms with van der Waals surface area (Å²) < 4.78 is 5.23. The van der Waals surface area contributed by atoms with Crippen LogP contribution in [-0.2, 0) is 4.74 Å². The van der Waals surface area contributed by atoms with Crippen LogP contribution in [0.2, 0.25) is 0 Å². The van der Waals surface area contributed by atoms with Gasteiger partial charge in [0.15, 0.2) is 5.01 Å². The summed E-state index contributed by atoms with van der Waals surface area (Å²) in [6.07, 6.45) is 1.09. The van der Waals surface area contributed by atoms with Crippen molar-refractivity contribution in [2.75, 3.05) is 13.1 Å². The Bertz CT molecular complexity index is 409. The highest BCUT2D eigenvalue weighted by atomic mass is 32.1. The van der Waals surface area contributed by atoms with Gasteiger partial charge in [0.2, 0.25) is 5.78 Å². The molecule has 1 aromatic rings. The topological polar surface area (TPSA) is 59.5 Å². The molecule has 0 saturated heterocycles. The van der Waals surface area contributed by atoms with Gasteiger partial charge in [-0.05, 0) is 27.7 Å². The molecular formula is C12H18N2O3S. The third-order valence-electron chi connectivity index (χ3n) is 2.04. The second-order valence-corrected chi connectivity index (χ2v) is 5.65. The van der Waals surface area contributed by atoms with E-state index in [1.165, 1.54) is 16.2 Å². The van der Waals surface area contributed by atoms with Gasteiger partial charge in [-0.1, -0.05) is 0 Å². The molecule has 0 aliphatic carbocycles. The number of carbonyl (C=O) groups excluding carboxylic acids is 2. The number of Topliss-reactive ketones (excluding diaryl/α,β-unsaturated/α-hetero) is 1. The third kappa shape index (κ3) is 4.44. The summed E-state index contributed by atoms with van der Waals surface area (Å²) in [5.41, 5.74) is -0.561. The summed E-state index contributed by atoms with van der Waals surface area (Å²) in [7, 11) is 0. The van der Waals surface area contributed by atoms with Crippen LogP contribution in [0.25, 0.3) is 0 Å². The van der Waals surface area contributed by atoms with E-state index < -0.39 is 11.7 Å². The Kier molecular flexibility index (Phi) is 4.84. The first kappa shape index (κ1) is 14.6. The number of thiazole rings is 1. The quantitative estimate of drug-likeness (QED) is 0.789. The fraction of sp³-hybridized carbons (Fsp3) is 0.583. The molecule has 0 aliphatic rings. The van der Waals surface area contributed by atoms with Crippen molar-refractivity contribution in [3.05, 3.63) is 16.6 Å². The Morgan fingerprint density at radius 1 is 1.44 bits per heavy atom. The highest BCUT2D eigenvalue weighted by molar-refractivity contribution is 7.11. The maximum atomic E-state index is 11.8. The highest BCUT2D eigenvalue weighted by Gasteiger charge is 2.23. The van der Waals surface area contributed by atoms with Crippen LogP contribution in [0.15, 0.2) is 11.6 Å². The van der Waals surface area contributed by atoms with E-state index in [2.05, 4.69) is 4.98 Å². The number of aromatic nitrogens is 1. The van der Waals surface area contributed by atoms with Crippen molar-refractivity contribution in [1.29, 1.82) is 0 Å². The molecule has 6 heteroatoms. The van der Waals surface area contributed by atoms with Crippen LogP contribution in [0.3, 0.4) is 0 Å². The van der Waals surface area contributed by atoms with E-state index >= 15 is 0 Å². The maximum Gasteiger partial charge on any atom is 0.410 e. The molecule has 0 aliphatic heterocycles. The molecule has 5 nitrogen and oxygen atoms in total. The second-order valence-electron chi connectivity index (χ2n) is 4.75. The van der Waals surface area contributed by atoms with E-state index in [4.69, 9.17) is 4.74 Å². The number of nitrogens with zero attached hydrogens (tertiary/aromatic N) is 2. The van der Waals surface area contributed by atoms with Crippen LogP contribution in [0.5, 0.6) is 0 Å². The molecule has 0 unspecified atom stereocenters. The Morgan fingerprint density at radius 3 is 2.56 bits per heavy atom. The molecule has 0 spiro atoms. The van der Waals surface area contributed by atoms with Crippen LogP contribution in [0, 0.1) is 0 Å². The van der Waals surface area contributed by atoms with Gasteiger partial charge in [0, 0.05) is 18.1 Å². The second kappa shape index (κ2) is 5.95. The summed E-state index contributed by atoms with van der Waals surface area (Å²) in [5.74, 6) is -0.169. The first-order valence-corrected chi connectivity index (χ1v) is 6.62. The third-order valence-corrected chi connectivity index (χ3v) is 2.85. The monoisotopic (exact) mass is 270 g/mol. The summed E-state index contributed by atoms with van der Waals surface area (Å²) in [6.45, 7) is 7.61. The molecule has 100 valence electrons. The van der Waals surface area contributed by atoms with Gasteiger partial charge in [-0.3, -0.25) is 4.79 Å². The number of rotatable bonds is 4. The van der Waals surface area contributed by atoms with Crippen LogP contribution in [-0.4, -0.2) is 40.5 Å². The first-order chi connectivity index (χ1) is 8.33. The Hall–Kier alpha value is -1.43. The zero-order valence-corrected chi connectivity index (χ0v) is 11.9. The average molecular weight is 270 g/mol. The minimum absolute atomic E-state index is 0.00106. The van der Waals surface area contributed by atoms with Crippen molar-refractivity contribution in [3.63, 3.8) is 0 Å². The molecule has 0 N–H and O–H groups in total. The molecule has 1 amide bonds. The normalized spacial score (nSPS) is 11.1.